The predicted octanol–water partition coefficient (Wildman–Crippen LogP) is 2.77. The second kappa shape index (κ2) is 7.07. The van der Waals surface area contributed by atoms with Crippen molar-refractivity contribution in [1.29, 1.82) is 0 Å². The van der Waals surface area contributed by atoms with Crippen LogP contribution in [0.1, 0.15) is 18.6 Å². The van der Waals surface area contributed by atoms with Gasteiger partial charge >= 0.3 is 6.03 Å². The molecule has 0 saturated heterocycles. The first-order valence-corrected chi connectivity index (χ1v) is 7.42. The predicted molar refractivity (Wildman–Crippen MR) is 81.8 cm³/mol. The van der Waals surface area contributed by atoms with Crippen LogP contribution in [0.2, 0.25) is 0 Å². The van der Waals surface area contributed by atoms with E-state index < -0.39 is 6.10 Å². The van der Waals surface area contributed by atoms with Crippen molar-refractivity contribution in [3.8, 4) is 10.4 Å². The maximum atomic E-state index is 11.3. The SMILES string of the molecule is CCNC(=O)NCC(O)c1ccc(-c2cccs2)cc1. The minimum atomic E-state index is -0.699. The van der Waals surface area contributed by atoms with E-state index in [0.29, 0.717) is 6.54 Å². The second-order valence-corrected chi connectivity index (χ2v) is 5.30. The Morgan fingerprint density at radius 1 is 1.25 bits per heavy atom. The molecule has 3 N–H and O–H groups in total. The van der Waals surface area contributed by atoms with Crippen LogP contribution in [0.3, 0.4) is 0 Å². The molecule has 1 unspecified atom stereocenters. The molecule has 1 aromatic carbocycles. The van der Waals surface area contributed by atoms with Gasteiger partial charge in [0, 0.05) is 18.0 Å². The van der Waals surface area contributed by atoms with Crippen molar-refractivity contribution in [2.45, 2.75) is 13.0 Å². The molecule has 0 saturated carbocycles. The van der Waals surface area contributed by atoms with Crippen molar-refractivity contribution in [3.63, 3.8) is 0 Å². The fraction of sp³-hybridized carbons (Fsp3) is 0.267. The molecule has 0 aliphatic rings. The van der Waals surface area contributed by atoms with E-state index in [4.69, 9.17) is 0 Å². The molecule has 0 radical (unpaired) electrons. The fourth-order valence-electron chi connectivity index (χ4n) is 1.84. The van der Waals surface area contributed by atoms with Crippen molar-refractivity contribution in [1.82, 2.24) is 10.6 Å². The number of nitrogens with one attached hydrogen (secondary N) is 2. The van der Waals surface area contributed by atoms with E-state index in [2.05, 4.69) is 16.7 Å². The number of carbonyl (C=O) groups excluding carboxylic acids is 1. The maximum absolute atomic E-state index is 11.3. The summed E-state index contributed by atoms with van der Waals surface area (Å²) in [5.41, 5.74) is 1.93. The van der Waals surface area contributed by atoms with Gasteiger partial charge in [-0.3, -0.25) is 0 Å². The maximum Gasteiger partial charge on any atom is 0.314 e. The Labute approximate surface area is 122 Å². The summed E-state index contributed by atoms with van der Waals surface area (Å²) in [6.07, 6.45) is -0.699. The third-order valence-electron chi connectivity index (χ3n) is 2.89. The van der Waals surface area contributed by atoms with Crippen molar-refractivity contribution >= 4 is 17.4 Å². The van der Waals surface area contributed by atoms with Crippen molar-refractivity contribution < 1.29 is 9.90 Å². The second-order valence-electron chi connectivity index (χ2n) is 4.36. The van der Waals surface area contributed by atoms with E-state index in [1.807, 2.05) is 42.6 Å². The Hall–Kier alpha value is -1.85. The zero-order chi connectivity index (χ0) is 14.4. The molecule has 0 aliphatic carbocycles. The Kier molecular flexibility index (Phi) is 5.15. The molecule has 20 heavy (non-hydrogen) atoms. The van der Waals surface area contributed by atoms with Crippen molar-refractivity contribution in [3.05, 3.63) is 47.3 Å². The quantitative estimate of drug-likeness (QED) is 0.793. The van der Waals surface area contributed by atoms with Crippen LogP contribution in [0.5, 0.6) is 0 Å². The topological polar surface area (TPSA) is 61.4 Å². The summed E-state index contributed by atoms with van der Waals surface area (Å²) in [7, 11) is 0. The van der Waals surface area contributed by atoms with Crippen LogP contribution in [0, 0.1) is 0 Å². The standard InChI is InChI=1S/C15H18N2O2S/c1-2-16-15(19)17-10-13(18)11-5-7-12(8-6-11)14-4-3-9-20-14/h3-9,13,18H,2,10H2,1H3,(H2,16,17,19). The average Bonchev–Trinajstić information content (AvgIpc) is 2.99. The Balaban J connectivity index is 1.94. The van der Waals surface area contributed by atoms with Crippen LogP contribution < -0.4 is 10.6 Å². The lowest BCUT2D eigenvalue weighted by molar-refractivity contribution is 0.173. The van der Waals surface area contributed by atoms with Gasteiger partial charge in [-0.2, -0.15) is 0 Å². The molecule has 1 atom stereocenters. The number of aliphatic hydroxyl groups is 1. The number of thiophene rings is 1. The third-order valence-corrected chi connectivity index (χ3v) is 3.81. The van der Waals surface area contributed by atoms with Gasteiger partial charge in [0.2, 0.25) is 0 Å². The van der Waals surface area contributed by atoms with E-state index in [1.54, 1.807) is 11.3 Å². The highest BCUT2D eigenvalue weighted by atomic mass is 32.1. The van der Waals surface area contributed by atoms with Gasteiger partial charge in [-0.1, -0.05) is 30.3 Å². The van der Waals surface area contributed by atoms with Crippen LogP contribution in [-0.4, -0.2) is 24.2 Å². The summed E-state index contributed by atoms with van der Waals surface area (Å²) < 4.78 is 0. The smallest absolute Gasteiger partial charge is 0.314 e. The van der Waals surface area contributed by atoms with Gasteiger partial charge in [0.15, 0.2) is 0 Å². The molecular formula is C15H18N2O2S. The highest BCUT2D eigenvalue weighted by molar-refractivity contribution is 7.13. The third kappa shape index (κ3) is 3.82. The van der Waals surface area contributed by atoms with E-state index in [-0.39, 0.29) is 12.6 Å². The number of amides is 2. The summed E-state index contributed by atoms with van der Waals surface area (Å²) in [4.78, 5) is 12.5. The summed E-state index contributed by atoms with van der Waals surface area (Å²) in [6, 6.07) is 11.6. The molecule has 0 fully saturated rings. The number of urea groups is 1. The molecule has 0 aliphatic heterocycles. The number of hydrogen-bond donors (Lipinski definition) is 3. The molecule has 5 heteroatoms. The molecule has 2 amide bonds. The summed E-state index contributed by atoms with van der Waals surface area (Å²) in [5, 5.41) is 17.3. The van der Waals surface area contributed by atoms with Crippen LogP contribution in [-0.2, 0) is 0 Å². The molecule has 1 heterocycles. The molecular weight excluding hydrogens is 272 g/mol. The number of aliphatic hydroxyl groups excluding tert-OH is 1. The highest BCUT2D eigenvalue weighted by Crippen LogP contribution is 2.25. The van der Waals surface area contributed by atoms with E-state index in [0.717, 1.165) is 11.1 Å². The molecule has 0 bridgehead atoms. The minimum absolute atomic E-state index is 0.199. The largest absolute Gasteiger partial charge is 0.387 e. The first kappa shape index (κ1) is 14.6. The van der Waals surface area contributed by atoms with Gasteiger partial charge in [0.1, 0.15) is 0 Å². The van der Waals surface area contributed by atoms with Gasteiger partial charge in [0.05, 0.1) is 6.10 Å². The minimum Gasteiger partial charge on any atom is -0.387 e. The molecule has 2 aromatic rings. The average molecular weight is 290 g/mol. The molecule has 1 aromatic heterocycles. The number of carbonyl (C=O) groups is 1. The Morgan fingerprint density at radius 2 is 2.00 bits per heavy atom. The van der Waals surface area contributed by atoms with Gasteiger partial charge in [-0.15, -0.1) is 11.3 Å². The van der Waals surface area contributed by atoms with E-state index in [1.165, 1.54) is 4.88 Å². The lowest BCUT2D eigenvalue weighted by Crippen LogP contribution is -2.37. The highest BCUT2D eigenvalue weighted by Gasteiger charge is 2.09. The summed E-state index contributed by atoms with van der Waals surface area (Å²) in [6.45, 7) is 2.61. The molecule has 4 nitrogen and oxygen atoms in total. The number of benzene rings is 1. The molecule has 0 spiro atoms. The van der Waals surface area contributed by atoms with Crippen molar-refractivity contribution in [2.75, 3.05) is 13.1 Å². The zero-order valence-corrected chi connectivity index (χ0v) is 12.1. The number of rotatable bonds is 5. The fourth-order valence-corrected chi connectivity index (χ4v) is 2.58. The number of hydrogen-bond acceptors (Lipinski definition) is 3. The molecule has 106 valence electrons. The summed E-state index contributed by atoms with van der Waals surface area (Å²) in [5.74, 6) is 0. The van der Waals surface area contributed by atoms with Crippen LogP contribution in [0.4, 0.5) is 4.79 Å². The monoisotopic (exact) mass is 290 g/mol. The summed E-state index contributed by atoms with van der Waals surface area (Å²) >= 11 is 1.68. The zero-order valence-electron chi connectivity index (χ0n) is 11.3. The van der Waals surface area contributed by atoms with Gasteiger partial charge in [-0.25, -0.2) is 4.79 Å². The van der Waals surface area contributed by atoms with Crippen LogP contribution >= 0.6 is 11.3 Å². The van der Waals surface area contributed by atoms with E-state index >= 15 is 0 Å². The Bertz CT molecular complexity index is 538. The lowest BCUT2D eigenvalue weighted by Gasteiger charge is -2.13. The normalized spacial score (nSPS) is 11.9. The van der Waals surface area contributed by atoms with Crippen molar-refractivity contribution in [2.24, 2.45) is 0 Å². The lowest BCUT2D eigenvalue weighted by atomic mass is 10.1. The van der Waals surface area contributed by atoms with Gasteiger partial charge in [-0.05, 0) is 29.5 Å². The van der Waals surface area contributed by atoms with Gasteiger partial charge < -0.3 is 15.7 Å². The van der Waals surface area contributed by atoms with Crippen LogP contribution in [0.25, 0.3) is 10.4 Å². The van der Waals surface area contributed by atoms with E-state index in [9.17, 15) is 9.90 Å². The van der Waals surface area contributed by atoms with Gasteiger partial charge in [0.25, 0.3) is 0 Å². The first-order chi connectivity index (χ1) is 9.70. The van der Waals surface area contributed by atoms with Crippen LogP contribution in [0.15, 0.2) is 41.8 Å². The first-order valence-electron chi connectivity index (χ1n) is 6.54. The Morgan fingerprint density at radius 3 is 2.60 bits per heavy atom. The molecule has 2 rings (SSSR count).